The van der Waals surface area contributed by atoms with Crippen LogP contribution in [0.25, 0.3) is 5.69 Å². The van der Waals surface area contributed by atoms with Gasteiger partial charge < -0.3 is 20.1 Å². The smallest absolute Gasteiger partial charge is 0.226 e. The molecule has 4 aromatic rings. The predicted octanol–water partition coefficient (Wildman–Crippen LogP) is 6.98. The zero-order valence-electron chi connectivity index (χ0n) is 24.8. The normalized spacial score (nSPS) is 16.6. The van der Waals surface area contributed by atoms with Crippen molar-refractivity contribution in [1.29, 1.82) is 0 Å². The molecular weight excluding hydrogens is 526 g/mol. The van der Waals surface area contributed by atoms with Crippen LogP contribution in [0.3, 0.4) is 0 Å². The molecule has 41 heavy (non-hydrogen) atoms. The molecule has 1 aliphatic heterocycles. The molecule has 0 radical (unpaired) electrons. The van der Waals surface area contributed by atoms with Crippen molar-refractivity contribution in [3.05, 3.63) is 112 Å². The van der Waals surface area contributed by atoms with Gasteiger partial charge in [-0.05, 0) is 105 Å². The highest BCUT2D eigenvalue weighted by Crippen LogP contribution is 2.42. The minimum Gasteiger partial charge on any atom is -0.352 e. The summed E-state index contributed by atoms with van der Waals surface area (Å²) in [5.74, 6) is -0.0282. The minimum atomic E-state index is -0.137. The largest absolute Gasteiger partial charge is 0.352 e. The second-order valence-corrected chi connectivity index (χ2v) is 11.4. The maximum absolute atomic E-state index is 13.1. The highest BCUT2D eigenvalue weighted by atomic mass is 32.1. The fourth-order valence-electron chi connectivity index (χ4n) is 6.05. The van der Waals surface area contributed by atoms with E-state index >= 15 is 0 Å². The predicted molar refractivity (Wildman–Crippen MR) is 171 cm³/mol. The van der Waals surface area contributed by atoms with E-state index in [1.807, 2.05) is 50.4 Å². The van der Waals surface area contributed by atoms with Gasteiger partial charge in [-0.1, -0.05) is 43.3 Å². The fourth-order valence-corrected chi connectivity index (χ4v) is 6.38. The van der Waals surface area contributed by atoms with Crippen molar-refractivity contribution >= 4 is 28.9 Å². The summed E-state index contributed by atoms with van der Waals surface area (Å²) < 4.78 is 2.38. The summed E-state index contributed by atoms with van der Waals surface area (Å²) >= 11 is 5.90. The Balaban J connectivity index is 1.51. The Morgan fingerprint density at radius 3 is 2.54 bits per heavy atom. The van der Waals surface area contributed by atoms with Crippen molar-refractivity contribution in [2.45, 2.75) is 66.5 Å². The third-order valence-electron chi connectivity index (χ3n) is 8.16. The SMILES string of the molecule is CCc1cccc(C)c1-n1c(C)cc([C@H]2[C@H](c3ccccn3)NC(=S)N2CCC(=O)Nc2cc(C)ccc2C)c1C. The first-order chi connectivity index (χ1) is 19.7. The van der Waals surface area contributed by atoms with Crippen LogP contribution in [0.2, 0.25) is 0 Å². The molecule has 3 heterocycles. The maximum Gasteiger partial charge on any atom is 0.226 e. The summed E-state index contributed by atoms with van der Waals surface area (Å²) in [6.07, 6.45) is 3.09. The van der Waals surface area contributed by atoms with Crippen LogP contribution in [-0.4, -0.2) is 32.0 Å². The van der Waals surface area contributed by atoms with Crippen LogP contribution in [-0.2, 0) is 11.2 Å². The molecule has 0 aliphatic carbocycles. The molecule has 1 amide bonds. The first kappa shape index (κ1) is 28.6. The molecule has 1 aliphatic rings. The summed E-state index contributed by atoms with van der Waals surface area (Å²) in [7, 11) is 0. The lowest BCUT2D eigenvalue weighted by atomic mass is 9.96. The standard InChI is InChI=1S/C34H39N5OS/c1-7-26-12-10-11-23(4)32(26)39-24(5)20-27(25(39)6)33-31(28-13-8-9-17-35-28)37-34(41)38(33)18-16-30(40)36-29-19-21(2)14-15-22(29)3/h8-15,17,19-20,31,33H,7,16,18H2,1-6H3,(H,36,40)(H,37,41)/t31-,33-/m0/s1. The second kappa shape index (κ2) is 11.9. The fraction of sp³-hybridized carbons (Fsp3) is 0.324. The van der Waals surface area contributed by atoms with E-state index in [0.29, 0.717) is 18.1 Å². The van der Waals surface area contributed by atoms with Crippen molar-refractivity contribution < 1.29 is 4.79 Å². The Hall–Kier alpha value is -3.97. The van der Waals surface area contributed by atoms with Crippen LogP contribution in [0.15, 0.2) is 66.9 Å². The first-order valence-corrected chi connectivity index (χ1v) is 14.7. The number of anilines is 1. The van der Waals surface area contributed by atoms with Gasteiger partial charge >= 0.3 is 0 Å². The summed E-state index contributed by atoms with van der Waals surface area (Å²) in [4.78, 5) is 20.0. The molecule has 1 fully saturated rings. The Morgan fingerprint density at radius 2 is 1.80 bits per heavy atom. The number of aromatic nitrogens is 2. The molecule has 6 nitrogen and oxygen atoms in total. The number of hydrogen-bond acceptors (Lipinski definition) is 3. The van der Waals surface area contributed by atoms with Crippen molar-refractivity contribution in [3.63, 3.8) is 0 Å². The summed E-state index contributed by atoms with van der Waals surface area (Å²) in [6.45, 7) is 13.3. The molecule has 2 aromatic carbocycles. The number of carbonyl (C=O) groups excluding carboxylic acids is 1. The van der Waals surface area contributed by atoms with Gasteiger partial charge in [-0.15, -0.1) is 0 Å². The lowest BCUT2D eigenvalue weighted by Gasteiger charge is -2.28. The zero-order chi connectivity index (χ0) is 29.3. The number of nitrogens with zero attached hydrogens (tertiary/aromatic N) is 3. The maximum atomic E-state index is 13.1. The van der Waals surface area contributed by atoms with Gasteiger partial charge in [0.1, 0.15) is 0 Å². The Labute approximate surface area is 248 Å². The van der Waals surface area contributed by atoms with Gasteiger partial charge in [0.15, 0.2) is 5.11 Å². The van der Waals surface area contributed by atoms with Crippen LogP contribution in [0, 0.1) is 34.6 Å². The quantitative estimate of drug-likeness (QED) is 0.226. The molecule has 2 atom stereocenters. The number of benzene rings is 2. The van der Waals surface area contributed by atoms with Gasteiger partial charge in [0.05, 0.1) is 23.5 Å². The van der Waals surface area contributed by atoms with Gasteiger partial charge in [-0.25, -0.2) is 0 Å². The zero-order valence-corrected chi connectivity index (χ0v) is 25.6. The van der Waals surface area contributed by atoms with Gasteiger partial charge in [0.2, 0.25) is 5.91 Å². The number of rotatable bonds is 8. The molecule has 7 heteroatoms. The molecule has 1 saturated heterocycles. The number of pyridine rings is 1. The van der Waals surface area contributed by atoms with E-state index in [9.17, 15) is 4.79 Å². The Kier molecular flexibility index (Phi) is 8.27. The van der Waals surface area contributed by atoms with Crippen LogP contribution in [0.1, 0.15) is 70.3 Å². The van der Waals surface area contributed by atoms with E-state index in [1.54, 1.807) is 0 Å². The third kappa shape index (κ3) is 5.64. The summed E-state index contributed by atoms with van der Waals surface area (Å²) in [6, 6.07) is 20.6. The van der Waals surface area contributed by atoms with E-state index in [2.05, 4.69) is 78.1 Å². The van der Waals surface area contributed by atoms with Crippen molar-refractivity contribution in [2.24, 2.45) is 0 Å². The lowest BCUT2D eigenvalue weighted by molar-refractivity contribution is -0.116. The van der Waals surface area contributed by atoms with Crippen molar-refractivity contribution in [3.8, 4) is 5.69 Å². The monoisotopic (exact) mass is 565 g/mol. The van der Waals surface area contributed by atoms with Gasteiger partial charge in [-0.2, -0.15) is 0 Å². The topological polar surface area (TPSA) is 62.2 Å². The van der Waals surface area contributed by atoms with Crippen molar-refractivity contribution in [1.82, 2.24) is 19.8 Å². The highest BCUT2D eigenvalue weighted by molar-refractivity contribution is 7.80. The van der Waals surface area contributed by atoms with Gasteiger partial charge in [0.25, 0.3) is 0 Å². The number of carbonyl (C=O) groups is 1. The molecule has 0 unspecified atom stereocenters. The first-order valence-electron chi connectivity index (χ1n) is 14.3. The van der Waals surface area contributed by atoms with Gasteiger partial charge in [-0.3, -0.25) is 9.78 Å². The average molecular weight is 566 g/mol. The number of amides is 1. The molecule has 2 aromatic heterocycles. The van der Waals surface area contributed by atoms with Gasteiger partial charge in [0, 0.05) is 36.2 Å². The molecule has 2 N–H and O–H groups in total. The number of para-hydroxylation sites is 1. The molecule has 212 valence electrons. The number of hydrogen-bond donors (Lipinski definition) is 2. The van der Waals surface area contributed by atoms with E-state index < -0.39 is 0 Å². The van der Waals surface area contributed by atoms with Crippen molar-refractivity contribution in [2.75, 3.05) is 11.9 Å². The number of thiocarbonyl (C=S) groups is 1. The Bertz CT molecular complexity index is 1590. The Morgan fingerprint density at radius 1 is 1.00 bits per heavy atom. The van der Waals surface area contributed by atoms with E-state index in [0.717, 1.165) is 28.9 Å². The van der Waals surface area contributed by atoms with E-state index in [-0.39, 0.29) is 18.0 Å². The minimum absolute atomic E-state index is 0.0282. The average Bonchev–Trinajstić information content (AvgIpc) is 3.44. The molecule has 0 spiro atoms. The highest BCUT2D eigenvalue weighted by Gasteiger charge is 2.41. The number of aryl methyl sites for hydroxylation is 5. The van der Waals surface area contributed by atoms with Crippen LogP contribution in [0.4, 0.5) is 5.69 Å². The van der Waals surface area contributed by atoms with Crippen LogP contribution < -0.4 is 10.6 Å². The van der Waals surface area contributed by atoms with Crippen LogP contribution in [0.5, 0.6) is 0 Å². The molecule has 5 rings (SSSR count). The summed E-state index contributed by atoms with van der Waals surface area (Å²) in [5, 5.41) is 7.29. The van der Waals surface area contributed by atoms with E-state index in [4.69, 9.17) is 17.2 Å². The third-order valence-corrected chi connectivity index (χ3v) is 8.51. The van der Waals surface area contributed by atoms with E-state index in [1.165, 1.54) is 33.8 Å². The summed E-state index contributed by atoms with van der Waals surface area (Å²) in [5.41, 5.74) is 11.3. The molecule has 0 saturated carbocycles. The molecule has 0 bridgehead atoms. The molecular formula is C34H39N5OS. The van der Waals surface area contributed by atoms with Crippen LogP contribution >= 0.6 is 12.2 Å². The number of nitrogens with one attached hydrogen (secondary N) is 2. The lowest BCUT2D eigenvalue weighted by Crippen LogP contribution is -2.33. The second-order valence-electron chi connectivity index (χ2n) is 11.0.